The highest BCUT2D eigenvalue weighted by atomic mass is 32.2. The largest absolute Gasteiger partial charge is 0.416 e. The number of aromatic nitrogens is 2. The van der Waals surface area contributed by atoms with Gasteiger partial charge in [-0.2, -0.15) is 0 Å². The van der Waals surface area contributed by atoms with Crippen LogP contribution in [-0.4, -0.2) is 21.4 Å². The Bertz CT molecular complexity index is 703. The van der Waals surface area contributed by atoms with Crippen molar-refractivity contribution in [1.82, 2.24) is 10.2 Å². The van der Waals surface area contributed by atoms with E-state index in [1.807, 2.05) is 0 Å². The van der Waals surface area contributed by atoms with Gasteiger partial charge in [-0.1, -0.05) is 11.8 Å². The van der Waals surface area contributed by atoms with Crippen molar-refractivity contribution in [1.29, 1.82) is 0 Å². The molecule has 1 atom stereocenters. The maximum absolute atomic E-state index is 13.1. The summed E-state index contributed by atoms with van der Waals surface area (Å²) in [5.41, 5.74) is 0.195. The molecule has 8 heteroatoms. The highest BCUT2D eigenvalue weighted by Gasteiger charge is 2.30. The molecule has 1 fully saturated rings. The zero-order valence-corrected chi connectivity index (χ0v) is 12.5. The maximum Gasteiger partial charge on any atom is 0.277 e. The molecule has 1 N–H and O–H groups in total. The van der Waals surface area contributed by atoms with E-state index in [0.29, 0.717) is 17.0 Å². The van der Waals surface area contributed by atoms with Crippen LogP contribution in [0.5, 0.6) is 0 Å². The van der Waals surface area contributed by atoms with Crippen LogP contribution in [0.1, 0.15) is 31.6 Å². The first-order valence-electron chi connectivity index (χ1n) is 6.79. The number of hydrogen-bond donors (Lipinski definition) is 1. The minimum absolute atomic E-state index is 0.195. The Morgan fingerprint density at radius 2 is 2.14 bits per heavy atom. The highest BCUT2D eigenvalue weighted by Crippen LogP contribution is 2.40. The zero-order chi connectivity index (χ0) is 15.7. The Kier molecular flexibility index (Phi) is 4.10. The molecule has 0 saturated heterocycles. The number of carbonyl (C=O) groups is 1. The number of amides is 1. The topological polar surface area (TPSA) is 68.0 Å². The minimum Gasteiger partial charge on any atom is -0.416 e. The van der Waals surface area contributed by atoms with E-state index in [0.717, 1.165) is 36.7 Å². The molecule has 0 radical (unpaired) electrons. The SMILES string of the molecule is C[C@H](Sc1nnc(C2CC2)o1)C(=O)Nc1ccc(F)c(F)c1. The maximum atomic E-state index is 13.1. The summed E-state index contributed by atoms with van der Waals surface area (Å²) in [6, 6.07) is 3.19. The first-order valence-corrected chi connectivity index (χ1v) is 7.67. The molecule has 2 aromatic rings. The summed E-state index contributed by atoms with van der Waals surface area (Å²) in [6.45, 7) is 1.67. The standard InChI is InChI=1S/C14H13F2N3O2S/c1-7(22-14-19-18-13(21-14)8-2-3-8)12(20)17-9-4-5-10(15)11(16)6-9/h4-8H,2-3H2,1H3,(H,17,20)/t7-/m0/s1. The van der Waals surface area contributed by atoms with Gasteiger partial charge in [-0.15, -0.1) is 10.2 Å². The third-order valence-corrected chi connectivity index (χ3v) is 4.12. The van der Waals surface area contributed by atoms with Gasteiger partial charge in [0.1, 0.15) is 0 Å². The molecule has 116 valence electrons. The predicted octanol–water partition coefficient (Wildman–Crippen LogP) is 3.34. The summed E-state index contributed by atoms with van der Waals surface area (Å²) in [5, 5.41) is 10.2. The molecule has 3 rings (SSSR count). The van der Waals surface area contributed by atoms with E-state index in [4.69, 9.17) is 4.42 Å². The van der Waals surface area contributed by atoms with Gasteiger partial charge in [-0.05, 0) is 31.9 Å². The Morgan fingerprint density at radius 3 is 2.82 bits per heavy atom. The van der Waals surface area contributed by atoms with Gasteiger partial charge in [0, 0.05) is 17.7 Å². The number of benzene rings is 1. The second-order valence-corrected chi connectivity index (χ2v) is 6.35. The van der Waals surface area contributed by atoms with E-state index >= 15 is 0 Å². The molecule has 1 saturated carbocycles. The number of nitrogens with one attached hydrogen (secondary N) is 1. The first kappa shape index (κ1) is 15.0. The van der Waals surface area contributed by atoms with Crippen molar-refractivity contribution >= 4 is 23.4 Å². The predicted molar refractivity (Wildman–Crippen MR) is 76.6 cm³/mol. The molecule has 1 aromatic heterocycles. The first-order chi connectivity index (χ1) is 10.5. The van der Waals surface area contributed by atoms with Gasteiger partial charge < -0.3 is 9.73 Å². The summed E-state index contributed by atoms with van der Waals surface area (Å²) >= 11 is 1.12. The molecule has 1 aliphatic carbocycles. The Labute approximate surface area is 129 Å². The van der Waals surface area contributed by atoms with Crippen LogP contribution in [0.2, 0.25) is 0 Å². The van der Waals surface area contributed by atoms with E-state index in [1.165, 1.54) is 6.07 Å². The van der Waals surface area contributed by atoms with Gasteiger partial charge >= 0.3 is 0 Å². The molecule has 0 spiro atoms. The zero-order valence-electron chi connectivity index (χ0n) is 11.7. The molecule has 1 aromatic carbocycles. The van der Waals surface area contributed by atoms with Crippen molar-refractivity contribution in [2.24, 2.45) is 0 Å². The second-order valence-electron chi connectivity index (χ2n) is 5.06. The van der Waals surface area contributed by atoms with Crippen LogP contribution >= 0.6 is 11.8 Å². The lowest BCUT2D eigenvalue weighted by molar-refractivity contribution is -0.115. The summed E-state index contributed by atoms with van der Waals surface area (Å²) in [7, 11) is 0. The van der Waals surface area contributed by atoms with Gasteiger partial charge in [-0.3, -0.25) is 4.79 Å². The van der Waals surface area contributed by atoms with Gasteiger partial charge in [-0.25, -0.2) is 8.78 Å². The number of rotatable bonds is 5. The average molecular weight is 325 g/mol. The van der Waals surface area contributed by atoms with E-state index in [2.05, 4.69) is 15.5 Å². The summed E-state index contributed by atoms with van der Waals surface area (Å²) in [5.74, 6) is -1.37. The van der Waals surface area contributed by atoms with Gasteiger partial charge in [0.25, 0.3) is 5.22 Å². The molecule has 5 nitrogen and oxygen atoms in total. The second kappa shape index (κ2) is 6.04. The molecule has 1 amide bonds. The lowest BCUT2D eigenvalue weighted by atomic mass is 10.3. The normalized spacial score (nSPS) is 15.6. The van der Waals surface area contributed by atoms with Gasteiger partial charge in [0.15, 0.2) is 11.6 Å². The number of anilines is 1. The van der Waals surface area contributed by atoms with E-state index in [9.17, 15) is 13.6 Å². The van der Waals surface area contributed by atoms with E-state index in [-0.39, 0.29) is 11.6 Å². The summed E-state index contributed by atoms with van der Waals surface area (Å²) < 4.78 is 31.4. The van der Waals surface area contributed by atoms with Crippen LogP contribution in [0.3, 0.4) is 0 Å². The van der Waals surface area contributed by atoms with Crippen LogP contribution in [-0.2, 0) is 4.79 Å². The number of nitrogens with zero attached hydrogens (tertiary/aromatic N) is 2. The quantitative estimate of drug-likeness (QED) is 0.854. The third-order valence-electron chi connectivity index (χ3n) is 3.18. The molecular weight excluding hydrogens is 312 g/mol. The number of thioether (sulfide) groups is 1. The highest BCUT2D eigenvalue weighted by molar-refractivity contribution is 8.00. The van der Waals surface area contributed by atoms with Crippen molar-refractivity contribution in [2.75, 3.05) is 5.32 Å². The smallest absolute Gasteiger partial charge is 0.277 e. The molecule has 0 bridgehead atoms. The van der Waals surface area contributed by atoms with Crippen LogP contribution < -0.4 is 5.32 Å². The van der Waals surface area contributed by atoms with Crippen molar-refractivity contribution in [2.45, 2.75) is 36.2 Å². The number of hydrogen-bond acceptors (Lipinski definition) is 5. The van der Waals surface area contributed by atoms with Crippen molar-refractivity contribution in [3.63, 3.8) is 0 Å². The van der Waals surface area contributed by atoms with E-state index in [1.54, 1.807) is 6.92 Å². The fraction of sp³-hybridized carbons (Fsp3) is 0.357. The Hall–Kier alpha value is -1.96. The van der Waals surface area contributed by atoms with Crippen molar-refractivity contribution in [3.8, 4) is 0 Å². The fourth-order valence-electron chi connectivity index (χ4n) is 1.79. The van der Waals surface area contributed by atoms with Crippen LogP contribution in [0.4, 0.5) is 14.5 Å². The van der Waals surface area contributed by atoms with Gasteiger partial charge in [0.05, 0.1) is 5.25 Å². The lowest BCUT2D eigenvalue weighted by Crippen LogP contribution is -2.22. The lowest BCUT2D eigenvalue weighted by Gasteiger charge is -2.10. The summed E-state index contributed by atoms with van der Waals surface area (Å²) in [4.78, 5) is 12.0. The van der Waals surface area contributed by atoms with Crippen LogP contribution in [0.15, 0.2) is 27.8 Å². The molecular formula is C14H13F2N3O2S. The number of carbonyl (C=O) groups excluding carboxylic acids is 1. The van der Waals surface area contributed by atoms with Gasteiger partial charge in [0.2, 0.25) is 11.8 Å². The monoisotopic (exact) mass is 325 g/mol. The van der Waals surface area contributed by atoms with Crippen LogP contribution in [0, 0.1) is 11.6 Å². The third kappa shape index (κ3) is 3.44. The molecule has 0 unspecified atom stereocenters. The minimum atomic E-state index is -1.01. The summed E-state index contributed by atoms with van der Waals surface area (Å²) in [6.07, 6.45) is 2.11. The van der Waals surface area contributed by atoms with Crippen molar-refractivity contribution < 1.29 is 18.0 Å². The fourth-order valence-corrected chi connectivity index (χ4v) is 2.48. The average Bonchev–Trinajstić information content (AvgIpc) is 3.23. The van der Waals surface area contributed by atoms with E-state index < -0.39 is 16.9 Å². The number of halogens is 2. The molecule has 22 heavy (non-hydrogen) atoms. The molecule has 1 aliphatic rings. The molecule has 0 aliphatic heterocycles. The van der Waals surface area contributed by atoms with Crippen molar-refractivity contribution in [3.05, 3.63) is 35.7 Å². The van der Waals surface area contributed by atoms with Crippen LogP contribution in [0.25, 0.3) is 0 Å². The Balaban J connectivity index is 1.59. The Morgan fingerprint density at radius 1 is 1.36 bits per heavy atom. The molecule has 1 heterocycles.